The Morgan fingerprint density at radius 3 is 2.30 bits per heavy atom. The highest BCUT2D eigenvalue weighted by molar-refractivity contribution is 5.87. The minimum absolute atomic E-state index is 0.0544. The van der Waals surface area contributed by atoms with Gasteiger partial charge in [-0.25, -0.2) is 10.2 Å². The van der Waals surface area contributed by atoms with Crippen LogP contribution in [0.3, 0.4) is 0 Å². The van der Waals surface area contributed by atoms with Gasteiger partial charge in [-0.05, 0) is 0 Å². The molecule has 6 heteroatoms. The first-order valence-corrected chi connectivity index (χ1v) is 2.53. The van der Waals surface area contributed by atoms with Crippen LogP contribution < -0.4 is 11.2 Å². The summed E-state index contributed by atoms with van der Waals surface area (Å²) in [5.74, 6) is 0. The van der Waals surface area contributed by atoms with Crippen LogP contribution in [0.25, 0.3) is 0 Å². The number of aliphatic hydroxyl groups is 2. The third-order valence-electron chi connectivity index (χ3n) is 0.689. The SMILES string of the molecule is NC(=O)NN=C(CO)CO. The summed E-state index contributed by atoms with van der Waals surface area (Å²) >= 11 is 0. The van der Waals surface area contributed by atoms with Gasteiger partial charge in [0.2, 0.25) is 0 Å². The second kappa shape index (κ2) is 4.71. The summed E-state index contributed by atoms with van der Waals surface area (Å²) in [4.78, 5) is 9.98. The van der Waals surface area contributed by atoms with Crippen molar-refractivity contribution < 1.29 is 15.0 Å². The molecule has 0 saturated heterocycles. The molecule has 0 rings (SSSR count). The van der Waals surface area contributed by atoms with E-state index in [-0.39, 0.29) is 5.71 Å². The number of hydrogen-bond acceptors (Lipinski definition) is 4. The fourth-order valence-electron chi connectivity index (χ4n) is 0.255. The van der Waals surface area contributed by atoms with Crippen LogP contribution in [0.15, 0.2) is 5.10 Å². The molecule has 0 aromatic rings. The lowest BCUT2D eigenvalue weighted by Crippen LogP contribution is -2.27. The number of aliphatic hydroxyl groups excluding tert-OH is 2. The molecule has 0 heterocycles. The minimum atomic E-state index is -0.834. The molecule has 0 bridgehead atoms. The minimum Gasteiger partial charge on any atom is -0.390 e. The van der Waals surface area contributed by atoms with Crippen molar-refractivity contribution in [2.24, 2.45) is 10.8 Å². The number of amides is 2. The van der Waals surface area contributed by atoms with Gasteiger partial charge < -0.3 is 15.9 Å². The predicted octanol–water partition coefficient (Wildman–Crippen LogP) is -2.00. The number of hydrogen-bond donors (Lipinski definition) is 4. The van der Waals surface area contributed by atoms with Crippen LogP contribution in [-0.2, 0) is 0 Å². The predicted molar refractivity (Wildman–Crippen MR) is 34.3 cm³/mol. The molecule has 0 aliphatic rings. The second-order valence-corrected chi connectivity index (χ2v) is 1.47. The molecule has 0 aromatic heterocycles. The third-order valence-corrected chi connectivity index (χ3v) is 0.689. The summed E-state index contributed by atoms with van der Waals surface area (Å²) in [5.41, 5.74) is 6.54. The number of rotatable bonds is 3. The Kier molecular flexibility index (Phi) is 4.17. The number of nitrogens with two attached hydrogens (primary N) is 1. The molecule has 0 atom stereocenters. The van der Waals surface area contributed by atoms with Crippen molar-refractivity contribution in [2.75, 3.05) is 13.2 Å². The van der Waals surface area contributed by atoms with Crippen molar-refractivity contribution in [3.8, 4) is 0 Å². The van der Waals surface area contributed by atoms with Gasteiger partial charge in [0.1, 0.15) is 0 Å². The average Bonchev–Trinajstić information content (AvgIpc) is 1.90. The van der Waals surface area contributed by atoms with Gasteiger partial charge in [-0.15, -0.1) is 0 Å². The number of carbonyl (C=O) groups excluding carboxylic acids is 1. The molecule has 10 heavy (non-hydrogen) atoms. The molecule has 0 saturated carbocycles. The molecule has 2 amide bonds. The molecule has 0 spiro atoms. The van der Waals surface area contributed by atoms with E-state index in [0.29, 0.717) is 0 Å². The van der Waals surface area contributed by atoms with Crippen LogP contribution in [0.1, 0.15) is 0 Å². The molecule has 0 unspecified atom stereocenters. The van der Waals surface area contributed by atoms with E-state index >= 15 is 0 Å². The molecule has 0 aromatic carbocycles. The Hall–Kier alpha value is -1.14. The fourth-order valence-corrected chi connectivity index (χ4v) is 0.255. The Morgan fingerprint density at radius 2 is 2.00 bits per heavy atom. The van der Waals surface area contributed by atoms with Crippen LogP contribution in [0.2, 0.25) is 0 Å². The Morgan fingerprint density at radius 1 is 1.50 bits per heavy atom. The van der Waals surface area contributed by atoms with Gasteiger partial charge in [0, 0.05) is 0 Å². The summed E-state index contributed by atoms with van der Waals surface area (Å²) in [5, 5.41) is 20.0. The van der Waals surface area contributed by atoms with E-state index in [4.69, 9.17) is 10.2 Å². The molecule has 6 nitrogen and oxygen atoms in total. The van der Waals surface area contributed by atoms with E-state index in [9.17, 15) is 4.79 Å². The summed E-state index contributed by atoms with van der Waals surface area (Å²) < 4.78 is 0. The summed E-state index contributed by atoms with van der Waals surface area (Å²) in [6.45, 7) is -0.812. The van der Waals surface area contributed by atoms with Gasteiger partial charge in [0.25, 0.3) is 0 Å². The molecule has 0 aliphatic carbocycles. The zero-order valence-electron chi connectivity index (χ0n) is 5.24. The summed E-state index contributed by atoms with van der Waals surface area (Å²) in [6.07, 6.45) is 0. The van der Waals surface area contributed by atoms with Gasteiger partial charge in [-0.3, -0.25) is 0 Å². The van der Waals surface area contributed by atoms with Crippen LogP contribution >= 0.6 is 0 Å². The lowest BCUT2D eigenvalue weighted by molar-refractivity contribution is 0.249. The quantitative estimate of drug-likeness (QED) is 0.273. The number of carbonyl (C=O) groups is 1. The number of nitrogens with one attached hydrogen (secondary N) is 1. The van der Waals surface area contributed by atoms with E-state index in [2.05, 4.69) is 10.8 Å². The molecule has 0 radical (unpaired) electrons. The third kappa shape index (κ3) is 3.81. The highest BCUT2D eigenvalue weighted by Crippen LogP contribution is 1.71. The summed E-state index contributed by atoms with van der Waals surface area (Å²) in [7, 11) is 0. The van der Waals surface area contributed by atoms with E-state index in [1.165, 1.54) is 0 Å². The standard InChI is InChI=1S/C4H9N3O3/c5-4(10)7-6-3(1-8)2-9/h8-9H,1-2H2,(H3,5,7,10). The Balaban J connectivity index is 3.74. The highest BCUT2D eigenvalue weighted by Gasteiger charge is 1.93. The number of urea groups is 1. The van der Waals surface area contributed by atoms with Gasteiger partial charge in [0.05, 0.1) is 18.9 Å². The lowest BCUT2D eigenvalue weighted by Gasteiger charge is -1.96. The molecular formula is C4H9N3O3. The van der Waals surface area contributed by atoms with E-state index < -0.39 is 19.2 Å². The molecule has 0 fully saturated rings. The first-order valence-electron chi connectivity index (χ1n) is 2.53. The van der Waals surface area contributed by atoms with E-state index in [1.807, 2.05) is 5.43 Å². The second-order valence-electron chi connectivity index (χ2n) is 1.47. The maximum Gasteiger partial charge on any atom is 0.332 e. The van der Waals surface area contributed by atoms with Crippen LogP contribution in [-0.4, -0.2) is 35.2 Å². The van der Waals surface area contributed by atoms with E-state index in [1.54, 1.807) is 0 Å². The number of nitrogens with zero attached hydrogens (tertiary/aromatic N) is 1. The summed E-state index contributed by atoms with van der Waals surface area (Å²) in [6, 6.07) is -0.834. The zero-order chi connectivity index (χ0) is 7.98. The normalized spacial score (nSPS) is 8.60. The van der Waals surface area contributed by atoms with Gasteiger partial charge in [-0.2, -0.15) is 5.10 Å². The van der Waals surface area contributed by atoms with Crippen molar-refractivity contribution in [3.63, 3.8) is 0 Å². The first-order chi connectivity index (χ1) is 4.70. The zero-order valence-corrected chi connectivity index (χ0v) is 5.24. The van der Waals surface area contributed by atoms with Crippen molar-refractivity contribution in [1.29, 1.82) is 0 Å². The monoisotopic (exact) mass is 147 g/mol. The number of hydrazone groups is 1. The van der Waals surface area contributed by atoms with Crippen LogP contribution in [0.5, 0.6) is 0 Å². The topological polar surface area (TPSA) is 108 Å². The fraction of sp³-hybridized carbons (Fsp3) is 0.500. The maximum atomic E-state index is 9.98. The lowest BCUT2D eigenvalue weighted by atomic mass is 10.4. The molecule has 0 aliphatic heterocycles. The van der Waals surface area contributed by atoms with Crippen molar-refractivity contribution in [3.05, 3.63) is 0 Å². The highest BCUT2D eigenvalue weighted by atomic mass is 16.3. The van der Waals surface area contributed by atoms with E-state index in [0.717, 1.165) is 0 Å². The molecule has 5 N–H and O–H groups in total. The van der Waals surface area contributed by atoms with Gasteiger partial charge in [-0.1, -0.05) is 0 Å². The van der Waals surface area contributed by atoms with Crippen molar-refractivity contribution >= 4 is 11.7 Å². The smallest absolute Gasteiger partial charge is 0.332 e. The van der Waals surface area contributed by atoms with Crippen LogP contribution in [0.4, 0.5) is 4.79 Å². The average molecular weight is 147 g/mol. The number of primary amides is 1. The van der Waals surface area contributed by atoms with Crippen molar-refractivity contribution in [2.45, 2.75) is 0 Å². The first kappa shape index (κ1) is 8.86. The Labute approximate surface area is 57.3 Å². The van der Waals surface area contributed by atoms with Gasteiger partial charge >= 0.3 is 6.03 Å². The van der Waals surface area contributed by atoms with Gasteiger partial charge in [0.15, 0.2) is 0 Å². The largest absolute Gasteiger partial charge is 0.390 e. The van der Waals surface area contributed by atoms with Crippen molar-refractivity contribution in [1.82, 2.24) is 5.43 Å². The Bertz CT molecular complexity index is 139. The maximum absolute atomic E-state index is 9.98. The molecule has 58 valence electrons. The molecular weight excluding hydrogens is 138 g/mol. The van der Waals surface area contributed by atoms with Crippen LogP contribution in [0, 0.1) is 0 Å².